The summed E-state index contributed by atoms with van der Waals surface area (Å²) in [6.07, 6.45) is 2.77. The summed E-state index contributed by atoms with van der Waals surface area (Å²) in [5.74, 6) is 0.0116. The number of hydrogen-bond donors (Lipinski definition) is 1. The van der Waals surface area contributed by atoms with Crippen molar-refractivity contribution in [2.45, 2.75) is 31.8 Å². The monoisotopic (exact) mass is 288 g/mol. The Bertz CT molecular complexity index is 477. The normalized spacial score (nSPS) is 26.7. The number of carboxylic acid groups (broad SMARTS) is 1. The summed E-state index contributed by atoms with van der Waals surface area (Å²) in [5, 5.41) is 8.89. The van der Waals surface area contributed by atoms with E-state index in [1.807, 2.05) is 0 Å². The molecule has 2 bridgehead atoms. The van der Waals surface area contributed by atoms with Gasteiger partial charge in [-0.1, -0.05) is 30.3 Å². The lowest BCUT2D eigenvalue weighted by molar-refractivity contribution is -0.137. The van der Waals surface area contributed by atoms with Crippen molar-refractivity contribution in [1.82, 2.24) is 9.80 Å². The van der Waals surface area contributed by atoms with Crippen LogP contribution in [0.4, 0.5) is 0 Å². The van der Waals surface area contributed by atoms with Gasteiger partial charge in [-0.15, -0.1) is 0 Å². The van der Waals surface area contributed by atoms with Crippen LogP contribution in [-0.2, 0) is 11.3 Å². The molecule has 0 unspecified atom stereocenters. The average molecular weight is 288 g/mol. The van der Waals surface area contributed by atoms with Gasteiger partial charge in [0, 0.05) is 38.8 Å². The van der Waals surface area contributed by atoms with Gasteiger partial charge in [0.2, 0.25) is 0 Å². The van der Waals surface area contributed by atoms with Crippen LogP contribution in [0.25, 0.3) is 0 Å². The molecule has 0 amide bonds. The second-order valence-corrected chi connectivity index (χ2v) is 6.42. The number of piperidine rings is 1. The number of nitrogens with zero attached hydrogens (tertiary/aromatic N) is 2. The molecule has 0 spiro atoms. The van der Waals surface area contributed by atoms with Crippen LogP contribution in [0.3, 0.4) is 0 Å². The number of rotatable bonds is 5. The van der Waals surface area contributed by atoms with Crippen molar-refractivity contribution in [1.29, 1.82) is 0 Å². The van der Waals surface area contributed by atoms with E-state index in [1.165, 1.54) is 18.4 Å². The van der Waals surface area contributed by atoms with Gasteiger partial charge >= 0.3 is 5.97 Å². The molecule has 21 heavy (non-hydrogen) atoms. The highest BCUT2D eigenvalue weighted by Crippen LogP contribution is 2.28. The number of hydrogen-bond acceptors (Lipinski definition) is 3. The van der Waals surface area contributed by atoms with Crippen molar-refractivity contribution in [3.63, 3.8) is 0 Å². The Morgan fingerprint density at radius 1 is 1.14 bits per heavy atom. The van der Waals surface area contributed by atoms with Crippen molar-refractivity contribution >= 4 is 5.97 Å². The fourth-order valence-corrected chi connectivity index (χ4v) is 3.76. The highest BCUT2D eigenvalue weighted by molar-refractivity contribution is 5.66. The number of fused-ring (bicyclic) bond motifs is 4. The first-order valence-electron chi connectivity index (χ1n) is 7.93. The van der Waals surface area contributed by atoms with Crippen LogP contribution in [0.1, 0.15) is 24.8 Å². The van der Waals surface area contributed by atoms with Crippen LogP contribution in [-0.4, -0.2) is 53.1 Å². The van der Waals surface area contributed by atoms with E-state index < -0.39 is 5.97 Å². The second kappa shape index (κ2) is 6.58. The van der Waals surface area contributed by atoms with E-state index in [4.69, 9.17) is 5.11 Å². The molecule has 3 aliphatic heterocycles. The van der Waals surface area contributed by atoms with Gasteiger partial charge in [-0.25, -0.2) is 0 Å². The van der Waals surface area contributed by atoms with E-state index in [-0.39, 0.29) is 6.42 Å². The lowest BCUT2D eigenvalue weighted by atomic mass is 9.95. The van der Waals surface area contributed by atoms with Crippen LogP contribution in [0.5, 0.6) is 0 Å². The predicted molar refractivity (Wildman–Crippen MR) is 82.1 cm³/mol. The van der Waals surface area contributed by atoms with Gasteiger partial charge in [0.15, 0.2) is 0 Å². The van der Waals surface area contributed by atoms with E-state index >= 15 is 0 Å². The minimum absolute atomic E-state index is 0.266. The Morgan fingerprint density at radius 2 is 1.95 bits per heavy atom. The van der Waals surface area contributed by atoms with Crippen molar-refractivity contribution in [2.75, 3.05) is 26.2 Å². The molecule has 4 heteroatoms. The second-order valence-electron chi connectivity index (χ2n) is 6.42. The zero-order chi connectivity index (χ0) is 14.7. The molecule has 3 saturated heterocycles. The molecule has 114 valence electrons. The standard InChI is InChI=1S/C17H24N2O2/c20-17(21)8-9-19-12-15-6-7-16(19)13-18(11-15)10-14-4-2-1-3-5-14/h1-5,15-16H,6-13H2,(H,20,21)/t15-,16+/m0/s1. The summed E-state index contributed by atoms with van der Waals surface area (Å²) in [5.41, 5.74) is 1.37. The van der Waals surface area contributed by atoms with Crippen molar-refractivity contribution in [2.24, 2.45) is 5.92 Å². The van der Waals surface area contributed by atoms with Gasteiger partial charge in [0.05, 0.1) is 6.42 Å². The molecule has 2 atom stereocenters. The SMILES string of the molecule is O=C(O)CCN1C[C@H]2CC[C@@H]1CN(Cc1ccccc1)C2. The van der Waals surface area contributed by atoms with E-state index in [0.29, 0.717) is 18.5 Å². The fraction of sp³-hybridized carbons (Fsp3) is 0.588. The van der Waals surface area contributed by atoms with Gasteiger partial charge in [-0.05, 0) is 24.3 Å². The molecule has 1 aromatic carbocycles. The van der Waals surface area contributed by atoms with Crippen molar-refractivity contribution in [3.8, 4) is 0 Å². The van der Waals surface area contributed by atoms with E-state index in [0.717, 1.165) is 26.2 Å². The quantitative estimate of drug-likeness (QED) is 0.900. The smallest absolute Gasteiger partial charge is 0.304 e. The van der Waals surface area contributed by atoms with Gasteiger partial charge in [0.1, 0.15) is 0 Å². The first kappa shape index (κ1) is 14.5. The van der Waals surface area contributed by atoms with Crippen LogP contribution in [0, 0.1) is 5.92 Å². The van der Waals surface area contributed by atoms with Crippen LogP contribution < -0.4 is 0 Å². The molecule has 4 rings (SSSR count). The number of aliphatic carboxylic acids is 1. The molecule has 0 aromatic heterocycles. The minimum atomic E-state index is -0.684. The Morgan fingerprint density at radius 3 is 2.71 bits per heavy atom. The van der Waals surface area contributed by atoms with Crippen LogP contribution in [0.15, 0.2) is 30.3 Å². The summed E-state index contributed by atoms with van der Waals surface area (Å²) in [4.78, 5) is 15.8. The Hall–Kier alpha value is -1.39. The Kier molecular flexibility index (Phi) is 4.56. The Balaban J connectivity index is 1.62. The van der Waals surface area contributed by atoms with Crippen molar-refractivity contribution in [3.05, 3.63) is 35.9 Å². The third-order valence-electron chi connectivity index (χ3n) is 4.76. The maximum Gasteiger partial charge on any atom is 0.304 e. The van der Waals surface area contributed by atoms with Gasteiger partial charge in [0.25, 0.3) is 0 Å². The van der Waals surface area contributed by atoms with Crippen molar-refractivity contribution < 1.29 is 9.90 Å². The zero-order valence-corrected chi connectivity index (χ0v) is 12.4. The summed E-state index contributed by atoms with van der Waals surface area (Å²) >= 11 is 0. The summed E-state index contributed by atoms with van der Waals surface area (Å²) < 4.78 is 0. The number of carbonyl (C=O) groups is 1. The Labute approximate surface area is 126 Å². The molecule has 4 nitrogen and oxygen atoms in total. The molecule has 3 fully saturated rings. The average Bonchev–Trinajstić information content (AvgIpc) is 2.76. The molecule has 1 aromatic rings. The summed E-state index contributed by atoms with van der Waals surface area (Å²) in [7, 11) is 0. The maximum atomic E-state index is 10.8. The molecule has 1 N–H and O–H groups in total. The zero-order valence-electron chi connectivity index (χ0n) is 12.4. The van der Waals surface area contributed by atoms with E-state index in [2.05, 4.69) is 40.1 Å². The third kappa shape index (κ3) is 3.83. The minimum Gasteiger partial charge on any atom is -0.481 e. The summed E-state index contributed by atoms with van der Waals surface area (Å²) in [6, 6.07) is 11.2. The summed E-state index contributed by atoms with van der Waals surface area (Å²) in [6.45, 7) is 5.01. The van der Waals surface area contributed by atoms with Gasteiger partial charge in [-0.3, -0.25) is 14.6 Å². The largest absolute Gasteiger partial charge is 0.481 e. The number of carboxylic acids is 1. The molecule has 0 saturated carbocycles. The predicted octanol–water partition coefficient (Wildman–Crippen LogP) is 2.06. The highest BCUT2D eigenvalue weighted by Gasteiger charge is 2.34. The topological polar surface area (TPSA) is 43.8 Å². The molecule has 0 aliphatic carbocycles. The van der Waals surface area contributed by atoms with Crippen LogP contribution in [0.2, 0.25) is 0 Å². The lowest BCUT2D eigenvalue weighted by Gasteiger charge is -2.35. The number of benzene rings is 1. The third-order valence-corrected chi connectivity index (χ3v) is 4.76. The first-order chi connectivity index (χ1) is 10.2. The van der Waals surface area contributed by atoms with Gasteiger partial charge in [-0.2, -0.15) is 0 Å². The van der Waals surface area contributed by atoms with Gasteiger partial charge < -0.3 is 5.11 Å². The lowest BCUT2D eigenvalue weighted by Crippen LogP contribution is -2.44. The van der Waals surface area contributed by atoms with E-state index in [9.17, 15) is 4.79 Å². The first-order valence-corrected chi connectivity index (χ1v) is 7.93. The maximum absolute atomic E-state index is 10.8. The van der Waals surface area contributed by atoms with E-state index in [1.54, 1.807) is 0 Å². The molecule has 3 heterocycles. The molecular weight excluding hydrogens is 264 g/mol. The van der Waals surface area contributed by atoms with Crippen LogP contribution >= 0.6 is 0 Å². The molecule has 0 radical (unpaired) electrons. The fourth-order valence-electron chi connectivity index (χ4n) is 3.76. The highest BCUT2D eigenvalue weighted by atomic mass is 16.4. The molecular formula is C17H24N2O2. The molecule has 3 aliphatic rings.